The minimum atomic E-state index is -0.490. The van der Waals surface area contributed by atoms with E-state index in [1.807, 2.05) is 13.8 Å². The summed E-state index contributed by atoms with van der Waals surface area (Å²) in [6.07, 6.45) is 0. The first-order valence-electron chi connectivity index (χ1n) is 3.64. The molecule has 0 aliphatic rings. The Hall–Kier alpha value is -1.01. The van der Waals surface area contributed by atoms with Gasteiger partial charge in [-0.2, -0.15) is 0 Å². The molecule has 0 aliphatic heterocycles. The van der Waals surface area contributed by atoms with Crippen molar-refractivity contribution < 1.29 is 9.63 Å². The lowest BCUT2D eigenvalue weighted by molar-refractivity contribution is -0.180. The summed E-state index contributed by atoms with van der Waals surface area (Å²) >= 11 is 0. The summed E-state index contributed by atoms with van der Waals surface area (Å²) in [5.74, 6) is 4.27. The molecule has 0 radical (unpaired) electrons. The molecule has 0 bridgehead atoms. The van der Waals surface area contributed by atoms with E-state index in [0.717, 1.165) is 0 Å². The zero-order valence-electron chi connectivity index (χ0n) is 7.18. The van der Waals surface area contributed by atoms with E-state index in [4.69, 9.17) is 4.84 Å². The van der Waals surface area contributed by atoms with E-state index in [0.29, 0.717) is 13.1 Å². The molecule has 0 spiro atoms. The predicted octanol–water partition coefficient (Wildman–Crippen LogP) is 0.810. The third kappa shape index (κ3) is 4.40. The minimum absolute atomic E-state index is 0.490. The fraction of sp³-hybridized carbons (Fsp3) is 0.625. The molecular weight excluding hydrogens is 142 g/mol. The van der Waals surface area contributed by atoms with Gasteiger partial charge in [0.15, 0.2) is 0 Å². The van der Waals surface area contributed by atoms with Gasteiger partial charge in [-0.25, -0.2) is 4.79 Å². The summed E-state index contributed by atoms with van der Waals surface area (Å²) in [5, 5.41) is 1.55. The summed E-state index contributed by atoms with van der Waals surface area (Å²) in [5.41, 5.74) is 0. The number of nitrogens with zero attached hydrogens (tertiary/aromatic N) is 1. The average Bonchev–Trinajstić information content (AvgIpc) is 2.01. The molecule has 0 N–H and O–H groups in total. The quantitative estimate of drug-likeness (QED) is 0.446. The highest BCUT2D eigenvalue weighted by atomic mass is 16.7. The second kappa shape index (κ2) is 5.75. The third-order valence-corrected chi connectivity index (χ3v) is 1.14. The lowest BCUT2D eigenvalue weighted by atomic mass is 10.6. The molecule has 0 aromatic rings. The Bertz CT molecular complexity index is 174. The highest BCUT2D eigenvalue weighted by Gasteiger charge is 2.03. The van der Waals surface area contributed by atoms with Crippen LogP contribution in [0.3, 0.4) is 0 Å². The molecule has 0 saturated heterocycles. The van der Waals surface area contributed by atoms with Gasteiger partial charge in [0, 0.05) is 19.0 Å². The Kier molecular flexibility index (Phi) is 5.22. The Balaban J connectivity index is 3.78. The van der Waals surface area contributed by atoms with Crippen LogP contribution in [0.1, 0.15) is 20.8 Å². The SMILES string of the molecule is CC#CC(=O)ON(CC)CC. The lowest BCUT2D eigenvalue weighted by Crippen LogP contribution is -2.26. The van der Waals surface area contributed by atoms with Crippen molar-refractivity contribution in [3.63, 3.8) is 0 Å². The smallest absolute Gasteiger partial charge is 0.358 e. The van der Waals surface area contributed by atoms with Crippen molar-refractivity contribution in [2.24, 2.45) is 0 Å². The van der Waals surface area contributed by atoms with Crippen LogP contribution in [-0.2, 0) is 9.63 Å². The summed E-state index contributed by atoms with van der Waals surface area (Å²) < 4.78 is 0. The van der Waals surface area contributed by atoms with Crippen LogP contribution in [0.25, 0.3) is 0 Å². The second-order valence-electron chi connectivity index (χ2n) is 1.87. The van der Waals surface area contributed by atoms with Gasteiger partial charge in [0.25, 0.3) is 0 Å². The molecule has 0 aromatic carbocycles. The molecule has 11 heavy (non-hydrogen) atoms. The topological polar surface area (TPSA) is 29.5 Å². The summed E-state index contributed by atoms with van der Waals surface area (Å²) in [4.78, 5) is 15.5. The standard InChI is InChI=1S/C8H13NO2/c1-4-7-8(10)11-9(5-2)6-3/h5-6H2,1-3H3. The van der Waals surface area contributed by atoms with Crippen molar-refractivity contribution in [1.29, 1.82) is 0 Å². The highest BCUT2D eigenvalue weighted by molar-refractivity contribution is 5.88. The molecule has 0 fully saturated rings. The number of rotatable bonds is 3. The van der Waals surface area contributed by atoms with Gasteiger partial charge in [-0.15, -0.1) is 5.06 Å². The molecule has 0 aromatic heterocycles. The Morgan fingerprint density at radius 3 is 2.36 bits per heavy atom. The van der Waals surface area contributed by atoms with Gasteiger partial charge in [0.05, 0.1) is 0 Å². The van der Waals surface area contributed by atoms with E-state index < -0.39 is 5.97 Å². The van der Waals surface area contributed by atoms with Crippen LogP contribution in [0, 0.1) is 11.8 Å². The van der Waals surface area contributed by atoms with E-state index in [2.05, 4.69) is 11.8 Å². The van der Waals surface area contributed by atoms with E-state index in [1.165, 1.54) is 0 Å². The zero-order chi connectivity index (χ0) is 8.69. The second-order valence-corrected chi connectivity index (χ2v) is 1.87. The number of hydrogen-bond acceptors (Lipinski definition) is 3. The van der Waals surface area contributed by atoms with Crippen molar-refractivity contribution in [2.75, 3.05) is 13.1 Å². The zero-order valence-corrected chi connectivity index (χ0v) is 7.18. The maximum atomic E-state index is 10.7. The highest BCUT2D eigenvalue weighted by Crippen LogP contribution is 1.88. The van der Waals surface area contributed by atoms with Gasteiger partial charge in [0.2, 0.25) is 0 Å². The molecule has 0 heterocycles. The molecular formula is C8H13NO2. The van der Waals surface area contributed by atoms with Crippen LogP contribution in [-0.4, -0.2) is 24.1 Å². The van der Waals surface area contributed by atoms with Crippen LogP contribution in [0.2, 0.25) is 0 Å². The minimum Gasteiger partial charge on any atom is -0.358 e. The van der Waals surface area contributed by atoms with Crippen molar-refractivity contribution >= 4 is 5.97 Å². The Labute approximate surface area is 67.3 Å². The molecule has 0 unspecified atom stereocenters. The van der Waals surface area contributed by atoms with E-state index >= 15 is 0 Å². The van der Waals surface area contributed by atoms with Crippen LogP contribution < -0.4 is 0 Å². The van der Waals surface area contributed by atoms with Gasteiger partial charge in [0.1, 0.15) is 0 Å². The maximum absolute atomic E-state index is 10.7. The maximum Gasteiger partial charge on any atom is 0.403 e. The largest absolute Gasteiger partial charge is 0.403 e. The first-order chi connectivity index (χ1) is 5.24. The molecule has 3 heteroatoms. The first-order valence-corrected chi connectivity index (χ1v) is 3.64. The predicted molar refractivity (Wildman–Crippen MR) is 42.5 cm³/mol. The summed E-state index contributed by atoms with van der Waals surface area (Å²) in [6, 6.07) is 0. The monoisotopic (exact) mass is 155 g/mol. The summed E-state index contributed by atoms with van der Waals surface area (Å²) in [6.45, 7) is 6.80. The van der Waals surface area contributed by atoms with Crippen LogP contribution in [0.15, 0.2) is 0 Å². The van der Waals surface area contributed by atoms with E-state index in [9.17, 15) is 4.79 Å². The Morgan fingerprint density at radius 2 is 2.00 bits per heavy atom. The van der Waals surface area contributed by atoms with Crippen LogP contribution >= 0.6 is 0 Å². The molecule has 0 amide bonds. The molecule has 0 aliphatic carbocycles. The van der Waals surface area contributed by atoms with Crippen molar-refractivity contribution in [1.82, 2.24) is 5.06 Å². The van der Waals surface area contributed by atoms with Gasteiger partial charge in [-0.1, -0.05) is 5.92 Å². The number of hydrogen-bond donors (Lipinski definition) is 0. The molecule has 0 saturated carbocycles. The fourth-order valence-corrected chi connectivity index (χ4v) is 0.595. The normalized spacial score (nSPS) is 8.73. The van der Waals surface area contributed by atoms with Gasteiger partial charge >= 0.3 is 5.97 Å². The molecule has 62 valence electrons. The molecule has 0 rings (SSSR count). The molecule has 3 nitrogen and oxygen atoms in total. The van der Waals surface area contributed by atoms with Crippen molar-refractivity contribution in [3.8, 4) is 11.8 Å². The Morgan fingerprint density at radius 1 is 1.45 bits per heavy atom. The average molecular weight is 155 g/mol. The fourth-order valence-electron chi connectivity index (χ4n) is 0.595. The number of hydroxylamine groups is 2. The number of carbonyl (C=O) groups excluding carboxylic acids is 1. The van der Waals surface area contributed by atoms with Gasteiger partial charge in [-0.3, -0.25) is 0 Å². The lowest BCUT2D eigenvalue weighted by Gasteiger charge is -2.14. The van der Waals surface area contributed by atoms with Crippen LogP contribution in [0.5, 0.6) is 0 Å². The van der Waals surface area contributed by atoms with Crippen molar-refractivity contribution in [2.45, 2.75) is 20.8 Å². The van der Waals surface area contributed by atoms with Crippen LogP contribution in [0.4, 0.5) is 0 Å². The van der Waals surface area contributed by atoms with E-state index in [-0.39, 0.29) is 0 Å². The van der Waals surface area contributed by atoms with Gasteiger partial charge < -0.3 is 4.84 Å². The third-order valence-electron chi connectivity index (χ3n) is 1.14. The van der Waals surface area contributed by atoms with Crippen molar-refractivity contribution in [3.05, 3.63) is 0 Å². The molecule has 0 atom stereocenters. The summed E-state index contributed by atoms with van der Waals surface area (Å²) in [7, 11) is 0. The number of carbonyl (C=O) groups is 1. The first kappa shape index (κ1) is 9.99. The van der Waals surface area contributed by atoms with Gasteiger partial charge in [-0.05, 0) is 20.8 Å². The van der Waals surface area contributed by atoms with E-state index in [1.54, 1.807) is 12.0 Å².